The Bertz CT molecular complexity index is 456. The van der Waals surface area contributed by atoms with Crippen molar-refractivity contribution in [1.82, 2.24) is 10.2 Å². The summed E-state index contributed by atoms with van der Waals surface area (Å²) in [5.41, 5.74) is 0. The van der Waals surface area contributed by atoms with E-state index in [0.717, 1.165) is 6.42 Å². The molecule has 1 atom stereocenters. The van der Waals surface area contributed by atoms with Gasteiger partial charge in [-0.3, -0.25) is 9.59 Å². The molecule has 1 saturated heterocycles. The van der Waals surface area contributed by atoms with Crippen LogP contribution >= 0.6 is 11.3 Å². The third-order valence-corrected chi connectivity index (χ3v) is 4.15. The van der Waals surface area contributed by atoms with Gasteiger partial charge in [0, 0.05) is 35.7 Å². The van der Waals surface area contributed by atoms with Gasteiger partial charge in [-0.15, -0.1) is 11.3 Å². The van der Waals surface area contributed by atoms with Crippen molar-refractivity contribution >= 4 is 23.2 Å². The number of nitrogens with one attached hydrogen (secondary N) is 1. The summed E-state index contributed by atoms with van der Waals surface area (Å²) in [5, 5.41) is 2.75. The van der Waals surface area contributed by atoms with Crippen molar-refractivity contribution in [3.8, 4) is 0 Å². The van der Waals surface area contributed by atoms with Crippen molar-refractivity contribution in [1.29, 1.82) is 0 Å². The van der Waals surface area contributed by atoms with E-state index < -0.39 is 0 Å². The molecule has 1 aromatic heterocycles. The Morgan fingerprint density at radius 1 is 1.56 bits per heavy atom. The minimum absolute atomic E-state index is 0.0139. The average molecular weight is 266 g/mol. The van der Waals surface area contributed by atoms with Crippen LogP contribution in [0.1, 0.15) is 22.6 Å². The maximum absolute atomic E-state index is 12.2. The van der Waals surface area contributed by atoms with Gasteiger partial charge in [-0.2, -0.15) is 0 Å². The Morgan fingerprint density at radius 2 is 2.33 bits per heavy atom. The molecule has 1 aromatic rings. The number of piperidine rings is 1. The monoisotopic (exact) mass is 266 g/mol. The van der Waals surface area contributed by atoms with Crippen LogP contribution in [0.4, 0.5) is 0 Å². The highest BCUT2D eigenvalue weighted by Crippen LogP contribution is 2.20. The molecule has 1 aliphatic heterocycles. The van der Waals surface area contributed by atoms with E-state index in [1.54, 1.807) is 16.2 Å². The number of rotatable bonds is 3. The summed E-state index contributed by atoms with van der Waals surface area (Å²) >= 11 is 1.71. The molecule has 1 unspecified atom stereocenters. The zero-order chi connectivity index (χ0) is 13.1. The first-order valence-corrected chi connectivity index (χ1v) is 6.95. The van der Waals surface area contributed by atoms with E-state index in [2.05, 4.69) is 24.4 Å². The van der Waals surface area contributed by atoms with E-state index in [1.807, 2.05) is 7.05 Å². The van der Waals surface area contributed by atoms with E-state index in [9.17, 15) is 9.59 Å². The third-order valence-electron chi connectivity index (χ3n) is 3.16. The van der Waals surface area contributed by atoms with Crippen LogP contribution in [0.5, 0.6) is 0 Å². The van der Waals surface area contributed by atoms with E-state index in [0.29, 0.717) is 19.5 Å². The summed E-state index contributed by atoms with van der Waals surface area (Å²) in [6.45, 7) is 3.30. The smallest absolute Gasteiger partial charge is 0.226 e. The molecule has 1 fully saturated rings. The van der Waals surface area contributed by atoms with E-state index in [-0.39, 0.29) is 17.7 Å². The van der Waals surface area contributed by atoms with Crippen LogP contribution in [0, 0.1) is 12.8 Å². The van der Waals surface area contributed by atoms with E-state index in [1.165, 1.54) is 9.75 Å². The van der Waals surface area contributed by atoms with E-state index in [4.69, 9.17) is 0 Å². The van der Waals surface area contributed by atoms with Gasteiger partial charge in [0.05, 0.1) is 6.54 Å². The van der Waals surface area contributed by atoms with Crippen LogP contribution in [-0.2, 0) is 16.1 Å². The number of aryl methyl sites for hydroxylation is 1. The molecule has 0 radical (unpaired) electrons. The van der Waals surface area contributed by atoms with Gasteiger partial charge in [-0.1, -0.05) is 0 Å². The number of hydrogen-bond acceptors (Lipinski definition) is 3. The minimum atomic E-state index is -0.148. The third kappa shape index (κ3) is 3.10. The molecule has 0 saturated carbocycles. The largest absolute Gasteiger partial charge is 0.356 e. The van der Waals surface area contributed by atoms with Gasteiger partial charge in [0.2, 0.25) is 11.8 Å². The fraction of sp³-hybridized carbons (Fsp3) is 0.538. The topological polar surface area (TPSA) is 49.4 Å². The lowest BCUT2D eigenvalue weighted by Crippen LogP contribution is -2.41. The maximum Gasteiger partial charge on any atom is 0.226 e. The van der Waals surface area contributed by atoms with Gasteiger partial charge in [-0.25, -0.2) is 0 Å². The second-order valence-electron chi connectivity index (χ2n) is 4.75. The fourth-order valence-electron chi connectivity index (χ4n) is 2.19. The standard InChI is InChI=1S/C13H18N2O2S/c1-9-3-4-11(18-9)8-15(2)13(17)10-5-6-14-12(16)7-10/h3-4,10H,5-8H2,1-2H3,(H,14,16). The van der Waals surface area contributed by atoms with Gasteiger partial charge in [0.25, 0.3) is 0 Å². The predicted molar refractivity (Wildman–Crippen MR) is 71.3 cm³/mol. The summed E-state index contributed by atoms with van der Waals surface area (Å²) in [6.07, 6.45) is 1.07. The molecule has 0 aromatic carbocycles. The van der Waals surface area contributed by atoms with Gasteiger partial charge < -0.3 is 10.2 Å². The van der Waals surface area contributed by atoms with Gasteiger partial charge in [-0.05, 0) is 25.5 Å². The highest BCUT2D eigenvalue weighted by Gasteiger charge is 2.27. The lowest BCUT2D eigenvalue weighted by Gasteiger charge is -2.26. The van der Waals surface area contributed by atoms with Crippen LogP contribution in [0.25, 0.3) is 0 Å². The Morgan fingerprint density at radius 3 is 2.94 bits per heavy atom. The van der Waals surface area contributed by atoms with Crippen molar-refractivity contribution in [3.63, 3.8) is 0 Å². The zero-order valence-electron chi connectivity index (χ0n) is 10.7. The Labute approximate surface area is 111 Å². The zero-order valence-corrected chi connectivity index (χ0v) is 11.5. The average Bonchev–Trinajstić information content (AvgIpc) is 2.73. The van der Waals surface area contributed by atoms with Crippen molar-refractivity contribution < 1.29 is 9.59 Å². The lowest BCUT2D eigenvalue weighted by atomic mass is 9.96. The summed E-state index contributed by atoms with van der Waals surface area (Å²) in [4.78, 5) is 27.7. The van der Waals surface area contributed by atoms with Gasteiger partial charge >= 0.3 is 0 Å². The van der Waals surface area contributed by atoms with Gasteiger partial charge in [0.1, 0.15) is 0 Å². The molecule has 0 spiro atoms. The van der Waals surface area contributed by atoms with Crippen LogP contribution in [-0.4, -0.2) is 30.3 Å². The van der Waals surface area contributed by atoms with Crippen LogP contribution in [0.3, 0.4) is 0 Å². The van der Waals surface area contributed by atoms with Crippen molar-refractivity contribution in [2.45, 2.75) is 26.3 Å². The molecule has 0 aliphatic carbocycles. The summed E-state index contributed by atoms with van der Waals surface area (Å²) in [7, 11) is 1.81. The molecule has 2 amide bonds. The molecule has 1 aliphatic rings. The molecule has 4 nitrogen and oxygen atoms in total. The number of carbonyl (C=O) groups excluding carboxylic acids is 2. The number of amides is 2. The first-order valence-electron chi connectivity index (χ1n) is 6.13. The van der Waals surface area contributed by atoms with Crippen LogP contribution in [0.2, 0.25) is 0 Å². The minimum Gasteiger partial charge on any atom is -0.356 e. The first-order chi connectivity index (χ1) is 8.56. The lowest BCUT2D eigenvalue weighted by molar-refractivity contribution is -0.139. The number of hydrogen-bond donors (Lipinski definition) is 1. The quantitative estimate of drug-likeness (QED) is 0.902. The Kier molecular flexibility index (Phi) is 4.01. The van der Waals surface area contributed by atoms with Gasteiger partial charge in [0.15, 0.2) is 0 Å². The molecule has 5 heteroatoms. The molecule has 2 rings (SSSR count). The fourth-order valence-corrected chi connectivity index (χ4v) is 3.13. The predicted octanol–water partition coefficient (Wildman–Crippen LogP) is 1.54. The highest BCUT2D eigenvalue weighted by molar-refractivity contribution is 7.11. The molecule has 1 N–H and O–H groups in total. The molecule has 0 bridgehead atoms. The van der Waals surface area contributed by atoms with Crippen molar-refractivity contribution in [3.05, 3.63) is 21.9 Å². The van der Waals surface area contributed by atoms with Crippen molar-refractivity contribution in [2.24, 2.45) is 5.92 Å². The normalized spacial score (nSPS) is 19.4. The molecular weight excluding hydrogens is 248 g/mol. The molecule has 2 heterocycles. The second kappa shape index (κ2) is 5.52. The first kappa shape index (κ1) is 13.1. The maximum atomic E-state index is 12.2. The number of nitrogens with zero attached hydrogens (tertiary/aromatic N) is 1. The number of thiophene rings is 1. The molecule has 98 valence electrons. The number of carbonyl (C=O) groups is 2. The summed E-state index contributed by atoms with van der Waals surface area (Å²) in [6, 6.07) is 4.11. The molecule has 18 heavy (non-hydrogen) atoms. The Balaban J connectivity index is 1.93. The van der Waals surface area contributed by atoms with Crippen LogP contribution in [0.15, 0.2) is 12.1 Å². The SMILES string of the molecule is Cc1ccc(CN(C)C(=O)C2CCNC(=O)C2)s1. The van der Waals surface area contributed by atoms with Crippen LogP contribution < -0.4 is 5.32 Å². The highest BCUT2D eigenvalue weighted by atomic mass is 32.1. The second-order valence-corrected chi connectivity index (χ2v) is 6.12. The van der Waals surface area contributed by atoms with E-state index >= 15 is 0 Å². The Hall–Kier alpha value is -1.36. The summed E-state index contributed by atoms with van der Waals surface area (Å²) < 4.78 is 0. The summed E-state index contributed by atoms with van der Waals surface area (Å²) in [5.74, 6) is -0.0827. The van der Waals surface area contributed by atoms with Crippen molar-refractivity contribution in [2.75, 3.05) is 13.6 Å². The molecular formula is C13H18N2O2S.